The van der Waals surface area contributed by atoms with Crippen LogP contribution in [0.3, 0.4) is 0 Å². The molecule has 0 bridgehead atoms. The molecule has 1 aromatic rings. The zero-order valence-corrected chi connectivity index (χ0v) is 8.47. The summed E-state index contributed by atoms with van der Waals surface area (Å²) >= 11 is 0. The van der Waals surface area contributed by atoms with Crippen LogP contribution in [0.15, 0.2) is 24.3 Å². The molecule has 1 atom stereocenters. The summed E-state index contributed by atoms with van der Waals surface area (Å²) in [4.78, 5) is 21.4. The molecule has 0 aliphatic rings. The lowest BCUT2D eigenvalue weighted by Crippen LogP contribution is -2.32. The summed E-state index contributed by atoms with van der Waals surface area (Å²) in [6, 6.07) is 6.59. The number of carbonyl (C=O) groups is 2. The minimum atomic E-state index is -0.646. The molecule has 1 amide bonds. The fraction of sp³-hybridized carbons (Fsp3) is 0.273. The molecule has 4 nitrogen and oxygen atoms in total. The number of nitrogens with two attached hydrogens (primary N) is 1. The number of aldehydes is 1. The second kappa shape index (κ2) is 5.14. The first kappa shape index (κ1) is 11.2. The molecule has 0 saturated carbocycles. The van der Waals surface area contributed by atoms with Gasteiger partial charge in [-0.2, -0.15) is 0 Å². The summed E-state index contributed by atoms with van der Waals surface area (Å²) in [7, 11) is 0. The first-order valence-electron chi connectivity index (χ1n) is 4.68. The Morgan fingerprint density at radius 3 is 2.87 bits per heavy atom. The molecule has 0 spiro atoms. The van der Waals surface area contributed by atoms with Gasteiger partial charge in [-0.15, -0.1) is 0 Å². The molecule has 0 fully saturated rings. The quantitative estimate of drug-likeness (QED) is 0.736. The minimum absolute atomic E-state index is 0.477. The van der Waals surface area contributed by atoms with Gasteiger partial charge in [-0.1, -0.05) is 19.1 Å². The van der Waals surface area contributed by atoms with Gasteiger partial charge in [0.2, 0.25) is 0 Å². The predicted octanol–water partition coefficient (Wildman–Crippen LogP) is 1.14. The van der Waals surface area contributed by atoms with Crippen molar-refractivity contribution in [3.8, 4) is 5.75 Å². The van der Waals surface area contributed by atoms with Gasteiger partial charge < -0.3 is 10.5 Å². The lowest BCUT2D eigenvalue weighted by Gasteiger charge is -2.13. The molecule has 1 unspecified atom stereocenters. The van der Waals surface area contributed by atoms with E-state index >= 15 is 0 Å². The monoisotopic (exact) mass is 207 g/mol. The maximum atomic E-state index is 10.9. The van der Waals surface area contributed by atoms with E-state index in [1.54, 1.807) is 31.2 Å². The van der Waals surface area contributed by atoms with Gasteiger partial charge in [0.1, 0.15) is 12.0 Å². The Hall–Kier alpha value is -1.84. The van der Waals surface area contributed by atoms with Crippen molar-refractivity contribution in [2.24, 2.45) is 5.73 Å². The van der Waals surface area contributed by atoms with Crippen LogP contribution in [0.4, 0.5) is 0 Å². The smallest absolute Gasteiger partial charge is 0.258 e. The summed E-state index contributed by atoms with van der Waals surface area (Å²) in [5.41, 5.74) is 5.64. The van der Waals surface area contributed by atoms with Gasteiger partial charge in [0.25, 0.3) is 5.91 Å². The molecule has 2 N–H and O–H groups in total. The van der Waals surface area contributed by atoms with Crippen LogP contribution < -0.4 is 10.5 Å². The molecule has 1 rings (SSSR count). The third-order valence-corrected chi connectivity index (χ3v) is 1.96. The maximum absolute atomic E-state index is 10.9. The number of amides is 1. The largest absolute Gasteiger partial charge is 0.481 e. The molecule has 0 radical (unpaired) electrons. The predicted molar refractivity (Wildman–Crippen MR) is 55.7 cm³/mol. The van der Waals surface area contributed by atoms with Crippen LogP contribution >= 0.6 is 0 Å². The average molecular weight is 207 g/mol. The summed E-state index contributed by atoms with van der Waals surface area (Å²) in [5, 5.41) is 0. The SMILES string of the molecule is CCC(Oc1cccc(C=O)c1)C(N)=O. The summed E-state index contributed by atoms with van der Waals surface area (Å²) < 4.78 is 5.33. The molecule has 0 aliphatic heterocycles. The highest BCUT2D eigenvalue weighted by Crippen LogP contribution is 2.14. The molecule has 0 heterocycles. The van der Waals surface area contributed by atoms with E-state index in [0.717, 1.165) is 6.29 Å². The van der Waals surface area contributed by atoms with Crippen LogP contribution in [0.2, 0.25) is 0 Å². The van der Waals surface area contributed by atoms with Crippen molar-refractivity contribution < 1.29 is 14.3 Å². The Balaban J connectivity index is 2.78. The first-order valence-corrected chi connectivity index (χ1v) is 4.68. The molecule has 0 aliphatic carbocycles. The Morgan fingerprint density at radius 2 is 2.33 bits per heavy atom. The van der Waals surface area contributed by atoms with Gasteiger partial charge in [0, 0.05) is 5.56 Å². The summed E-state index contributed by atoms with van der Waals surface area (Å²) in [6.45, 7) is 1.80. The highest BCUT2D eigenvalue weighted by atomic mass is 16.5. The van der Waals surface area contributed by atoms with Crippen molar-refractivity contribution in [3.63, 3.8) is 0 Å². The normalized spacial score (nSPS) is 11.8. The molecule has 15 heavy (non-hydrogen) atoms. The summed E-state index contributed by atoms with van der Waals surface area (Å²) in [6.07, 6.45) is 0.575. The number of primary amides is 1. The van der Waals surface area contributed by atoms with Crippen molar-refractivity contribution in [2.75, 3.05) is 0 Å². The van der Waals surface area contributed by atoms with E-state index in [2.05, 4.69) is 0 Å². The van der Waals surface area contributed by atoms with Crippen LogP contribution in [0, 0.1) is 0 Å². The third kappa shape index (κ3) is 3.09. The number of benzene rings is 1. The molecule has 0 aromatic heterocycles. The van der Waals surface area contributed by atoms with Crippen LogP contribution in [0.5, 0.6) is 5.75 Å². The van der Waals surface area contributed by atoms with E-state index in [9.17, 15) is 9.59 Å². The van der Waals surface area contributed by atoms with Gasteiger partial charge in [-0.05, 0) is 18.6 Å². The fourth-order valence-corrected chi connectivity index (χ4v) is 1.17. The van der Waals surface area contributed by atoms with Crippen molar-refractivity contribution in [2.45, 2.75) is 19.4 Å². The Morgan fingerprint density at radius 1 is 1.60 bits per heavy atom. The van der Waals surface area contributed by atoms with Gasteiger partial charge in [-0.25, -0.2) is 0 Å². The van der Waals surface area contributed by atoms with Crippen LogP contribution in [0.1, 0.15) is 23.7 Å². The topological polar surface area (TPSA) is 69.4 Å². The highest BCUT2D eigenvalue weighted by Gasteiger charge is 2.14. The molecular weight excluding hydrogens is 194 g/mol. The van der Waals surface area contributed by atoms with Crippen molar-refractivity contribution in [3.05, 3.63) is 29.8 Å². The molecule has 4 heteroatoms. The molecule has 1 aromatic carbocycles. The standard InChI is InChI=1S/C11H13NO3/c1-2-10(11(12)14)15-9-5-3-4-8(6-9)7-13/h3-7,10H,2H2,1H3,(H2,12,14). The van der Waals surface area contributed by atoms with Crippen LogP contribution in [-0.2, 0) is 4.79 Å². The lowest BCUT2D eigenvalue weighted by molar-refractivity contribution is -0.124. The second-order valence-corrected chi connectivity index (χ2v) is 3.11. The van der Waals surface area contributed by atoms with E-state index in [-0.39, 0.29) is 0 Å². The van der Waals surface area contributed by atoms with E-state index in [4.69, 9.17) is 10.5 Å². The van der Waals surface area contributed by atoms with Crippen molar-refractivity contribution in [1.82, 2.24) is 0 Å². The van der Waals surface area contributed by atoms with E-state index in [1.807, 2.05) is 0 Å². The zero-order chi connectivity index (χ0) is 11.3. The average Bonchev–Trinajstić information content (AvgIpc) is 2.25. The maximum Gasteiger partial charge on any atom is 0.258 e. The van der Waals surface area contributed by atoms with E-state index < -0.39 is 12.0 Å². The first-order chi connectivity index (χ1) is 7.17. The summed E-state index contributed by atoms with van der Waals surface area (Å²) in [5.74, 6) is -0.0285. The lowest BCUT2D eigenvalue weighted by atomic mass is 10.2. The molecule has 80 valence electrons. The second-order valence-electron chi connectivity index (χ2n) is 3.11. The highest BCUT2D eigenvalue weighted by molar-refractivity contribution is 5.79. The molecular formula is C11H13NO3. The van der Waals surface area contributed by atoms with E-state index in [1.165, 1.54) is 0 Å². The molecule has 0 saturated heterocycles. The number of hydrogen-bond acceptors (Lipinski definition) is 3. The Kier molecular flexibility index (Phi) is 3.85. The number of ether oxygens (including phenoxy) is 1. The zero-order valence-electron chi connectivity index (χ0n) is 8.47. The Labute approximate surface area is 88.0 Å². The minimum Gasteiger partial charge on any atom is -0.481 e. The van der Waals surface area contributed by atoms with Gasteiger partial charge in [0.05, 0.1) is 0 Å². The van der Waals surface area contributed by atoms with Crippen molar-refractivity contribution >= 4 is 12.2 Å². The Bertz CT molecular complexity index is 363. The van der Waals surface area contributed by atoms with E-state index in [0.29, 0.717) is 17.7 Å². The van der Waals surface area contributed by atoms with Gasteiger partial charge in [0.15, 0.2) is 6.10 Å². The van der Waals surface area contributed by atoms with Gasteiger partial charge >= 0.3 is 0 Å². The van der Waals surface area contributed by atoms with Crippen LogP contribution in [-0.4, -0.2) is 18.3 Å². The number of rotatable bonds is 5. The number of hydrogen-bond donors (Lipinski definition) is 1. The van der Waals surface area contributed by atoms with Crippen molar-refractivity contribution in [1.29, 1.82) is 0 Å². The van der Waals surface area contributed by atoms with Gasteiger partial charge in [-0.3, -0.25) is 9.59 Å². The third-order valence-electron chi connectivity index (χ3n) is 1.96. The fourth-order valence-electron chi connectivity index (χ4n) is 1.17. The van der Waals surface area contributed by atoms with Crippen LogP contribution in [0.25, 0.3) is 0 Å². The number of carbonyl (C=O) groups excluding carboxylic acids is 2.